The zero-order chi connectivity index (χ0) is 18.0. The van der Waals surface area contributed by atoms with Crippen molar-refractivity contribution < 1.29 is 0 Å². The number of hydrogen-bond acceptors (Lipinski definition) is 2. The molecular weight excluding hydrogens is 304 g/mol. The van der Waals surface area contributed by atoms with Gasteiger partial charge < -0.3 is 4.90 Å². The number of aryl methyl sites for hydroxylation is 1. The molecule has 0 aliphatic carbocycles. The molecule has 0 radical (unpaired) electrons. The van der Waals surface area contributed by atoms with Gasteiger partial charge in [0, 0.05) is 24.2 Å². The van der Waals surface area contributed by atoms with Gasteiger partial charge in [-0.15, -0.1) is 0 Å². The second kappa shape index (κ2) is 6.87. The van der Waals surface area contributed by atoms with Crippen LogP contribution in [0.2, 0.25) is 0 Å². The quantitative estimate of drug-likeness (QED) is 0.663. The molecule has 2 aromatic rings. The lowest BCUT2D eigenvalue weighted by atomic mass is 9.81. The molecule has 2 nitrogen and oxygen atoms in total. The maximum Gasteiger partial charge on any atom is 0.0674 e. The number of aliphatic imine (C=N–C) groups is 1. The van der Waals surface area contributed by atoms with Crippen LogP contribution in [-0.4, -0.2) is 18.8 Å². The number of fused-ring (bicyclic) bond motifs is 1. The highest BCUT2D eigenvalue weighted by molar-refractivity contribution is 6.10. The molecule has 0 unspecified atom stereocenters. The highest BCUT2D eigenvalue weighted by atomic mass is 15.1. The number of nitrogens with zero attached hydrogens (tertiary/aromatic N) is 2. The highest BCUT2D eigenvalue weighted by Gasteiger charge is 2.33. The summed E-state index contributed by atoms with van der Waals surface area (Å²) in [6, 6.07) is 15.3. The lowest BCUT2D eigenvalue weighted by Crippen LogP contribution is -2.23. The van der Waals surface area contributed by atoms with Crippen molar-refractivity contribution >= 4 is 23.2 Å². The minimum Gasteiger partial charge on any atom is -0.372 e. The van der Waals surface area contributed by atoms with Crippen molar-refractivity contribution in [3.8, 4) is 0 Å². The second-order valence-electron chi connectivity index (χ2n) is 7.24. The van der Waals surface area contributed by atoms with Gasteiger partial charge in [-0.1, -0.05) is 49.8 Å². The first-order chi connectivity index (χ1) is 12.0. The van der Waals surface area contributed by atoms with Gasteiger partial charge in [0.2, 0.25) is 0 Å². The standard InChI is InChI=1S/C23H28N2/c1-6-25(7-2)19-12-9-18(10-13-19)11-15-22-23(4,5)20-16-17(3)8-14-21(20)24-22/h8-16H,6-7H2,1-5H3/b15-11+. The monoisotopic (exact) mass is 332 g/mol. The van der Waals surface area contributed by atoms with E-state index in [1.54, 1.807) is 0 Å². The van der Waals surface area contributed by atoms with Crippen molar-refractivity contribution in [2.24, 2.45) is 4.99 Å². The number of anilines is 1. The van der Waals surface area contributed by atoms with Gasteiger partial charge in [-0.25, -0.2) is 0 Å². The zero-order valence-electron chi connectivity index (χ0n) is 16.0. The van der Waals surface area contributed by atoms with E-state index in [0.29, 0.717) is 0 Å². The Bertz CT molecular complexity index is 806. The van der Waals surface area contributed by atoms with Gasteiger partial charge in [-0.05, 0) is 56.2 Å². The van der Waals surface area contributed by atoms with E-state index in [4.69, 9.17) is 4.99 Å². The molecule has 0 aromatic heterocycles. The van der Waals surface area contributed by atoms with E-state index in [1.165, 1.54) is 22.4 Å². The van der Waals surface area contributed by atoms with Gasteiger partial charge in [0.15, 0.2) is 0 Å². The maximum absolute atomic E-state index is 4.85. The summed E-state index contributed by atoms with van der Waals surface area (Å²) < 4.78 is 0. The minimum absolute atomic E-state index is 0.0426. The summed E-state index contributed by atoms with van der Waals surface area (Å²) in [4.78, 5) is 7.21. The summed E-state index contributed by atoms with van der Waals surface area (Å²) >= 11 is 0. The van der Waals surface area contributed by atoms with Crippen LogP contribution in [0.5, 0.6) is 0 Å². The fourth-order valence-electron chi connectivity index (χ4n) is 3.46. The summed E-state index contributed by atoms with van der Waals surface area (Å²) in [5, 5.41) is 0. The SMILES string of the molecule is CCN(CC)c1ccc(/C=C/C2=Nc3ccc(C)cc3C2(C)C)cc1. The van der Waals surface area contributed by atoms with Crippen LogP contribution in [0.3, 0.4) is 0 Å². The third-order valence-corrected chi connectivity index (χ3v) is 5.16. The zero-order valence-corrected chi connectivity index (χ0v) is 16.0. The molecule has 0 atom stereocenters. The Morgan fingerprint density at radius 3 is 2.28 bits per heavy atom. The molecule has 0 spiro atoms. The van der Waals surface area contributed by atoms with Gasteiger partial charge in [0.25, 0.3) is 0 Å². The normalized spacial score (nSPS) is 15.3. The molecule has 3 rings (SSSR count). The summed E-state index contributed by atoms with van der Waals surface area (Å²) in [6.45, 7) is 13.1. The average Bonchev–Trinajstić information content (AvgIpc) is 2.85. The van der Waals surface area contributed by atoms with E-state index in [0.717, 1.165) is 24.5 Å². The first-order valence-corrected chi connectivity index (χ1v) is 9.19. The molecule has 2 aromatic carbocycles. The fourth-order valence-corrected chi connectivity index (χ4v) is 3.46. The van der Waals surface area contributed by atoms with Crippen molar-refractivity contribution in [3.05, 3.63) is 65.2 Å². The van der Waals surface area contributed by atoms with E-state index < -0.39 is 0 Å². The van der Waals surface area contributed by atoms with Crippen molar-refractivity contribution in [1.82, 2.24) is 0 Å². The van der Waals surface area contributed by atoms with Gasteiger partial charge in [-0.2, -0.15) is 0 Å². The van der Waals surface area contributed by atoms with Crippen LogP contribution in [0.4, 0.5) is 11.4 Å². The summed E-state index contributed by atoms with van der Waals surface area (Å²) in [7, 11) is 0. The van der Waals surface area contributed by atoms with Gasteiger partial charge in [0.1, 0.15) is 0 Å². The fraction of sp³-hybridized carbons (Fsp3) is 0.348. The van der Waals surface area contributed by atoms with Crippen LogP contribution < -0.4 is 4.90 Å². The minimum atomic E-state index is -0.0426. The lowest BCUT2D eigenvalue weighted by Gasteiger charge is -2.21. The maximum atomic E-state index is 4.85. The molecule has 0 N–H and O–H groups in total. The third kappa shape index (κ3) is 3.39. The molecule has 0 fully saturated rings. The molecule has 1 aliphatic heterocycles. The van der Waals surface area contributed by atoms with Crippen LogP contribution in [0.1, 0.15) is 44.4 Å². The molecule has 0 amide bonds. The molecule has 2 heteroatoms. The average molecular weight is 332 g/mol. The second-order valence-corrected chi connectivity index (χ2v) is 7.24. The van der Waals surface area contributed by atoms with Gasteiger partial charge >= 0.3 is 0 Å². The Morgan fingerprint density at radius 2 is 1.64 bits per heavy atom. The van der Waals surface area contributed by atoms with Crippen molar-refractivity contribution in [3.63, 3.8) is 0 Å². The van der Waals surface area contributed by atoms with E-state index in [1.807, 2.05) is 0 Å². The summed E-state index contributed by atoms with van der Waals surface area (Å²) in [6.07, 6.45) is 4.34. The molecule has 0 saturated carbocycles. The van der Waals surface area contributed by atoms with Crippen molar-refractivity contribution in [2.45, 2.75) is 40.0 Å². The number of hydrogen-bond donors (Lipinski definition) is 0. The molecule has 1 heterocycles. The molecule has 0 bridgehead atoms. The molecule has 1 aliphatic rings. The topological polar surface area (TPSA) is 15.6 Å². The van der Waals surface area contributed by atoms with Gasteiger partial charge in [0.05, 0.1) is 11.4 Å². The van der Waals surface area contributed by atoms with E-state index >= 15 is 0 Å². The first-order valence-electron chi connectivity index (χ1n) is 9.19. The lowest BCUT2D eigenvalue weighted by molar-refractivity contribution is 0.739. The Hall–Kier alpha value is -2.35. The Kier molecular flexibility index (Phi) is 4.80. The molecule has 130 valence electrons. The van der Waals surface area contributed by atoms with Crippen molar-refractivity contribution in [1.29, 1.82) is 0 Å². The van der Waals surface area contributed by atoms with Gasteiger partial charge in [-0.3, -0.25) is 4.99 Å². The Balaban J connectivity index is 1.81. The number of allylic oxidation sites excluding steroid dienone is 1. The van der Waals surface area contributed by atoms with Crippen molar-refractivity contribution in [2.75, 3.05) is 18.0 Å². The smallest absolute Gasteiger partial charge is 0.0674 e. The van der Waals surface area contributed by atoms with Crippen LogP contribution >= 0.6 is 0 Å². The molecular formula is C23H28N2. The van der Waals surface area contributed by atoms with Crippen LogP contribution in [0.25, 0.3) is 6.08 Å². The highest BCUT2D eigenvalue weighted by Crippen LogP contribution is 2.40. The summed E-state index contributed by atoms with van der Waals surface area (Å²) in [5.41, 5.74) is 7.29. The van der Waals surface area contributed by atoms with Crippen LogP contribution in [0.15, 0.2) is 53.5 Å². The first kappa shape index (κ1) is 17.5. The predicted octanol–water partition coefficient (Wildman–Crippen LogP) is 5.92. The number of rotatable bonds is 5. The Morgan fingerprint density at radius 1 is 0.960 bits per heavy atom. The number of benzene rings is 2. The molecule has 0 saturated heterocycles. The molecule has 25 heavy (non-hydrogen) atoms. The third-order valence-electron chi connectivity index (χ3n) is 5.16. The van der Waals surface area contributed by atoms with E-state index in [9.17, 15) is 0 Å². The van der Waals surface area contributed by atoms with Crippen LogP contribution in [0, 0.1) is 6.92 Å². The predicted molar refractivity (Wildman–Crippen MR) is 110 cm³/mol. The van der Waals surface area contributed by atoms with E-state index in [2.05, 4.69) is 94.1 Å². The van der Waals surface area contributed by atoms with Crippen LogP contribution in [-0.2, 0) is 5.41 Å². The van der Waals surface area contributed by atoms with E-state index in [-0.39, 0.29) is 5.41 Å². The summed E-state index contributed by atoms with van der Waals surface area (Å²) in [5.74, 6) is 0. The Labute approximate surface area is 151 Å². The largest absolute Gasteiger partial charge is 0.372 e.